The van der Waals surface area contributed by atoms with Crippen LogP contribution in [0.15, 0.2) is 0 Å². The van der Waals surface area contributed by atoms with Gasteiger partial charge in [0.15, 0.2) is 5.41 Å². The Labute approximate surface area is 86.2 Å². The van der Waals surface area contributed by atoms with Crippen molar-refractivity contribution >= 4 is 17.9 Å². The largest absolute Gasteiger partial charge is 0.481 e. The van der Waals surface area contributed by atoms with Gasteiger partial charge in [0.05, 0.1) is 20.1 Å². The van der Waals surface area contributed by atoms with Crippen LogP contribution in [0.5, 0.6) is 0 Å². The lowest BCUT2D eigenvalue weighted by Crippen LogP contribution is -2.56. The van der Waals surface area contributed by atoms with Crippen LogP contribution < -0.4 is 0 Å². The summed E-state index contributed by atoms with van der Waals surface area (Å²) in [5.41, 5.74) is -1.64. The summed E-state index contributed by atoms with van der Waals surface area (Å²) >= 11 is 0. The fourth-order valence-corrected chi connectivity index (χ4v) is 1.85. The molecule has 0 radical (unpaired) electrons. The standard InChI is InChI=1S/C9H12O6/c1-14-7(12)9(8(13)15-2)4-3-5(9)6(10)11/h5H,3-4H2,1-2H3,(H,10,11). The van der Waals surface area contributed by atoms with Gasteiger partial charge in [-0.3, -0.25) is 14.4 Å². The Balaban J connectivity index is 3.03. The predicted molar refractivity (Wildman–Crippen MR) is 46.8 cm³/mol. The fraction of sp³-hybridized carbons (Fsp3) is 0.667. The van der Waals surface area contributed by atoms with Gasteiger partial charge in [-0.1, -0.05) is 0 Å². The molecule has 6 heteroatoms. The molecule has 1 rings (SSSR count). The van der Waals surface area contributed by atoms with Crippen molar-refractivity contribution in [3.63, 3.8) is 0 Å². The number of carbonyl (C=O) groups is 3. The zero-order valence-corrected chi connectivity index (χ0v) is 8.48. The SMILES string of the molecule is COC(=O)C1(C(=O)OC)CCC1C(=O)O. The number of methoxy groups -OCH3 is 2. The lowest BCUT2D eigenvalue weighted by Gasteiger charge is -2.41. The number of hydrogen-bond donors (Lipinski definition) is 1. The summed E-state index contributed by atoms with van der Waals surface area (Å²) in [4.78, 5) is 33.7. The molecule has 15 heavy (non-hydrogen) atoms. The topological polar surface area (TPSA) is 89.9 Å². The molecule has 0 heterocycles. The summed E-state index contributed by atoms with van der Waals surface area (Å²) in [7, 11) is 2.23. The average Bonchev–Trinajstić information content (AvgIpc) is 2.15. The minimum atomic E-state index is -1.64. The van der Waals surface area contributed by atoms with Crippen LogP contribution in [0.2, 0.25) is 0 Å². The Morgan fingerprint density at radius 3 is 1.87 bits per heavy atom. The summed E-state index contributed by atoms with van der Waals surface area (Å²) in [6.07, 6.45) is 0.433. The Kier molecular flexibility index (Phi) is 2.97. The Morgan fingerprint density at radius 2 is 1.67 bits per heavy atom. The molecular weight excluding hydrogens is 204 g/mol. The lowest BCUT2D eigenvalue weighted by atomic mass is 9.60. The zero-order chi connectivity index (χ0) is 11.6. The van der Waals surface area contributed by atoms with E-state index in [0.717, 1.165) is 14.2 Å². The van der Waals surface area contributed by atoms with E-state index >= 15 is 0 Å². The molecule has 0 amide bonds. The minimum absolute atomic E-state index is 0.156. The van der Waals surface area contributed by atoms with Crippen molar-refractivity contribution in [3.8, 4) is 0 Å². The van der Waals surface area contributed by atoms with Crippen LogP contribution in [0.4, 0.5) is 0 Å². The van der Waals surface area contributed by atoms with Gasteiger partial charge in [0.25, 0.3) is 0 Å². The Bertz CT molecular complexity index is 292. The summed E-state index contributed by atoms with van der Waals surface area (Å²) in [6, 6.07) is 0. The van der Waals surface area contributed by atoms with E-state index in [1.165, 1.54) is 0 Å². The highest BCUT2D eigenvalue weighted by molar-refractivity contribution is 6.05. The summed E-state index contributed by atoms with van der Waals surface area (Å²) in [5.74, 6) is -3.91. The summed E-state index contributed by atoms with van der Waals surface area (Å²) in [6.45, 7) is 0. The second kappa shape index (κ2) is 3.88. The smallest absolute Gasteiger partial charge is 0.324 e. The summed E-state index contributed by atoms with van der Waals surface area (Å²) in [5, 5.41) is 8.84. The molecule has 0 spiro atoms. The first-order valence-corrected chi connectivity index (χ1v) is 4.40. The van der Waals surface area contributed by atoms with Crippen LogP contribution in [0.3, 0.4) is 0 Å². The van der Waals surface area contributed by atoms with Crippen molar-refractivity contribution in [2.45, 2.75) is 12.8 Å². The van der Waals surface area contributed by atoms with Crippen LogP contribution in [0.25, 0.3) is 0 Å². The van der Waals surface area contributed by atoms with Gasteiger partial charge in [0.1, 0.15) is 0 Å². The van der Waals surface area contributed by atoms with Crippen molar-refractivity contribution < 1.29 is 29.0 Å². The number of aliphatic carboxylic acids is 1. The average molecular weight is 216 g/mol. The maximum absolute atomic E-state index is 11.4. The van der Waals surface area contributed by atoms with Gasteiger partial charge >= 0.3 is 17.9 Å². The molecule has 0 aliphatic heterocycles. The van der Waals surface area contributed by atoms with Crippen molar-refractivity contribution in [2.75, 3.05) is 14.2 Å². The third-order valence-corrected chi connectivity index (χ3v) is 2.82. The van der Waals surface area contributed by atoms with Gasteiger partial charge < -0.3 is 14.6 Å². The second-order valence-corrected chi connectivity index (χ2v) is 3.38. The third-order valence-electron chi connectivity index (χ3n) is 2.82. The van der Waals surface area contributed by atoms with Crippen molar-refractivity contribution in [1.82, 2.24) is 0 Å². The van der Waals surface area contributed by atoms with Gasteiger partial charge in [0.2, 0.25) is 0 Å². The van der Waals surface area contributed by atoms with Gasteiger partial charge in [-0.05, 0) is 12.8 Å². The molecule has 0 bridgehead atoms. The maximum Gasteiger partial charge on any atom is 0.324 e. The number of carboxylic acids is 1. The molecule has 84 valence electrons. The quantitative estimate of drug-likeness (QED) is 0.519. The molecule has 1 N–H and O–H groups in total. The van der Waals surface area contributed by atoms with Crippen molar-refractivity contribution in [3.05, 3.63) is 0 Å². The number of carbonyl (C=O) groups excluding carboxylic acids is 2. The third kappa shape index (κ3) is 1.45. The molecule has 1 saturated carbocycles. The van der Waals surface area contributed by atoms with Gasteiger partial charge in [-0.15, -0.1) is 0 Å². The van der Waals surface area contributed by atoms with Gasteiger partial charge in [-0.2, -0.15) is 0 Å². The first kappa shape index (κ1) is 11.5. The number of hydrogen-bond acceptors (Lipinski definition) is 5. The van der Waals surface area contributed by atoms with E-state index in [2.05, 4.69) is 9.47 Å². The molecule has 0 saturated heterocycles. The van der Waals surface area contributed by atoms with E-state index in [1.54, 1.807) is 0 Å². The van der Waals surface area contributed by atoms with E-state index in [1.807, 2.05) is 0 Å². The molecule has 6 nitrogen and oxygen atoms in total. The molecule has 1 atom stereocenters. The van der Waals surface area contributed by atoms with Crippen molar-refractivity contribution in [2.24, 2.45) is 11.3 Å². The molecule has 0 aromatic carbocycles. The molecule has 1 fully saturated rings. The monoisotopic (exact) mass is 216 g/mol. The first-order chi connectivity index (χ1) is 7.00. The summed E-state index contributed by atoms with van der Waals surface area (Å²) < 4.78 is 8.92. The predicted octanol–water partition coefficient (Wildman–Crippen LogP) is -0.187. The van der Waals surface area contributed by atoms with E-state index in [-0.39, 0.29) is 12.8 Å². The normalized spacial score (nSPS) is 22.4. The molecule has 0 aromatic heterocycles. The number of ether oxygens (including phenoxy) is 2. The highest BCUT2D eigenvalue weighted by Gasteiger charge is 2.63. The van der Waals surface area contributed by atoms with Crippen LogP contribution in [-0.2, 0) is 23.9 Å². The highest BCUT2D eigenvalue weighted by atomic mass is 16.5. The lowest BCUT2D eigenvalue weighted by molar-refractivity contribution is -0.190. The zero-order valence-electron chi connectivity index (χ0n) is 8.48. The van der Waals surface area contributed by atoms with Gasteiger partial charge in [-0.25, -0.2) is 0 Å². The van der Waals surface area contributed by atoms with Crippen LogP contribution in [-0.4, -0.2) is 37.2 Å². The fourth-order valence-electron chi connectivity index (χ4n) is 1.85. The maximum atomic E-state index is 11.4. The number of rotatable bonds is 3. The van der Waals surface area contributed by atoms with Crippen LogP contribution in [0.1, 0.15) is 12.8 Å². The number of esters is 2. The Hall–Kier alpha value is -1.59. The van der Waals surface area contributed by atoms with E-state index in [9.17, 15) is 14.4 Å². The Morgan fingerprint density at radius 1 is 1.20 bits per heavy atom. The van der Waals surface area contributed by atoms with Gasteiger partial charge in [0, 0.05) is 0 Å². The second-order valence-electron chi connectivity index (χ2n) is 3.38. The van der Waals surface area contributed by atoms with E-state index < -0.39 is 29.2 Å². The molecule has 0 aromatic rings. The molecular formula is C9H12O6. The minimum Gasteiger partial charge on any atom is -0.481 e. The molecule has 1 unspecified atom stereocenters. The molecule has 1 aliphatic carbocycles. The van der Waals surface area contributed by atoms with E-state index in [4.69, 9.17) is 5.11 Å². The first-order valence-electron chi connectivity index (χ1n) is 4.40. The number of carboxylic acid groups (broad SMARTS) is 1. The molecule has 1 aliphatic rings. The van der Waals surface area contributed by atoms with Crippen molar-refractivity contribution in [1.29, 1.82) is 0 Å². The van der Waals surface area contributed by atoms with Crippen LogP contribution in [0, 0.1) is 11.3 Å². The van der Waals surface area contributed by atoms with E-state index in [0.29, 0.717) is 0 Å². The highest BCUT2D eigenvalue weighted by Crippen LogP contribution is 2.48. The van der Waals surface area contributed by atoms with Crippen LogP contribution >= 0.6 is 0 Å².